The summed E-state index contributed by atoms with van der Waals surface area (Å²) in [5, 5.41) is 15.7. The van der Waals surface area contributed by atoms with Gasteiger partial charge >= 0.3 is 5.97 Å². The van der Waals surface area contributed by atoms with Crippen LogP contribution in [0.1, 0.15) is 31.8 Å². The summed E-state index contributed by atoms with van der Waals surface area (Å²) in [5.41, 5.74) is 2.63. The number of amides is 1. The average Bonchev–Trinajstić information content (AvgIpc) is 3.14. The average molecular weight is 336 g/mol. The highest BCUT2D eigenvalue weighted by Gasteiger charge is 2.07. The van der Waals surface area contributed by atoms with Gasteiger partial charge < -0.3 is 10.4 Å². The topological polar surface area (TPSA) is 97.1 Å². The predicted molar refractivity (Wildman–Crippen MR) is 90.1 cm³/mol. The van der Waals surface area contributed by atoms with Crippen molar-refractivity contribution in [3.05, 3.63) is 83.4 Å². The number of aromatic carboxylic acids is 1. The lowest BCUT2D eigenvalue weighted by Crippen LogP contribution is -2.22. The highest BCUT2D eigenvalue weighted by Crippen LogP contribution is 2.08. The second-order valence-electron chi connectivity index (χ2n) is 5.47. The number of nitrogens with zero attached hydrogens (tertiary/aromatic N) is 3. The molecule has 0 unspecified atom stereocenters. The lowest BCUT2D eigenvalue weighted by atomic mass is 10.1. The number of carboxylic acid groups (broad SMARTS) is 1. The molecule has 0 radical (unpaired) electrons. The van der Waals surface area contributed by atoms with Crippen LogP contribution in [-0.4, -0.2) is 31.7 Å². The number of carbonyl (C=O) groups is 2. The molecule has 3 aromatic rings. The van der Waals surface area contributed by atoms with Crippen molar-refractivity contribution in [1.82, 2.24) is 20.1 Å². The molecule has 0 saturated heterocycles. The van der Waals surface area contributed by atoms with Crippen LogP contribution in [0.15, 0.2) is 61.2 Å². The number of nitrogens with one attached hydrogen (secondary N) is 1. The lowest BCUT2D eigenvalue weighted by Gasteiger charge is -2.07. The summed E-state index contributed by atoms with van der Waals surface area (Å²) < 4.78 is 1.73. The lowest BCUT2D eigenvalue weighted by molar-refractivity contribution is 0.0696. The van der Waals surface area contributed by atoms with Crippen molar-refractivity contribution in [2.45, 2.75) is 13.1 Å². The fraction of sp³-hybridized carbons (Fsp3) is 0.111. The van der Waals surface area contributed by atoms with Gasteiger partial charge in [0.1, 0.15) is 12.7 Å². The van der Waals surface area contributed by atoms with E-state index < -0.39 is 5.97 Å². The molecule has 0 aliphatic heterocycles. The molecule has 0 atom stereocenters. The van der Waals surface area contributed by atoms with E-state index in [1.165, 1.54) is 30.6 Å². The summed E-state index contributed by atoms with van der Waals surface area (Å²) >= 11 is 0. The van der Waals surface area contributed by atoms with Crippen LogP contribution in [0.5, 0.6) is 0 Å². The van der Waals surface area contributed by atoms with E-state index in [1.54, 1.807) is 11.0 Å². The minimum Gasteiger partial charge on any atom is -0.478 e. The molecule has 7 heteroatoms. The van der Waals surface area contributed by atoms with Crippen LogP contribution in [0.25, 0.3) is 0 Å². The summed E-state index contributed by atoms with van der Waals surface area (Å²) in [6.45, 7) is 1.03. The fourth-order valence-electron chi connectivity index (χ4n) is 2.31. The number of carboxylic acids is 1. The van der Waals surface area contributed by atoms with Gasteiger partial charge in [0.25, 0.3) is 5.91 Å². The van der Waals surface area contributed by atoms with Gasteiger partial charge in [-0.05, 0) is 35.4 Å². The molecule has 2 aromatic carbocycles. The molecule has 0 saturated carbocycles. The molecule has 1 heterocycles. The second-order valence-corrected chi connectivity index (χ2v) is 5.47. The summed E-state index contributed by atoms with van der Waals surface area (Å²) in [6.07, 6.45) is 3.15. The van der Waals surface area contributed by atoms with E-state index in [0.29, 0.717) is 18.7 Å². The Morgan fingerprint density at radius 1 is 0.960 bits per heavy atom. The van der Waals surface area contributed by atoms with E-state index in [0.717, 1.165) is 11.1 Å². The molecule has 0 bridgehead atoms. The zero-order valence-electron chi connectivity index (χ0n) is 13.3. The first kappa shape index (κ1) is 16.4. The van der Waals surface area contributed by atoms with E-state index in [1.807, 2.05) is 24.3 Å². The van der Waals surface area contributed by atoms with Gasteiger partial charge in [0.05, 0.1) is 12.1 Å². The third-order valence-electron chi connectivity index (χ3n) is 3.68. The van der Waals surface area contributed by atoms with Crippen LogP contribution in [-0.2, 0) is 13.1 Å². The number of hydrogen-bond donors (Lipinski definition) is 2. The Labute approximate surface area is 143 Å². The van der Waals surface area contributed by atoms with Crippen LogP contribution in [0, 0.1) is 0 Å². The van der Waals surface area contributed by atoms with E-state index in [-0.39, 0.29) is 11.5 Å². The highest BCUT2D eigenvalue weighted by molar-refractivity contribution is 5.95. The number of hydrogen-bond acceptors (Lipinski definition) is 4. The highest BCUT2D eigenvalue weighted by atomic mass is 16.4. The maximum atomic E-state index is 12.1. The Balaban J connectivity index is 1.55. The van der Waals surface area contributed by atoms with Crippen LogP contribution < -0.4 is 5.32 Å². The first-order chi connectivity index (χ1) is 12.1. The zero-order valence-corrected chi connectivity index (χ0v) is 13.3. The third-order valence-corrected chi connectivity index (χ3v) is 3.68. The van der Waals surface area contributed by atoms with Crippen molar-refractivity contribution in [2.24, 2.45) is 0 Å². The normalized spacial score (nSPS) is 10.4. The molecule has 0 aliphatic carbocycles. The minimum absolute atomic E-state index is 0.152. The van der Waals surface area contributed by atoms with Gasteiger partial charge in [-0.2, -0.15) is 5.10 Å². The number of rotatable bonds is 6. The third kappa shape index (κ3) is 4.29. The molecule has 1 aromatic heterocycles. The smallest absolute Gasteiger partial charge is 0.335 e. The van der Waals surface area contributed by atoms with Crippen molar-refractivity contribution >= 4 is 11.9 Å². The van der Waals surface area contributed by atoms with Crippen LogP contribution in [0.3, 0.4) is 0 Å². The van der Waals surface area contributed by atoms with Gasteiger partial charge in [-0.3, -0.25) is 4.79 Å². The monoisotopic (exact) mass is 336 g/mol. The molecule has 0 fully saturated rings. The predicted octanol–water partition coefficient (Wildman–Crippen LogP) is 1.95. The van der Waals surface area contributed by atoms with Gasteiger partial charge in [0.2, 0.25) is 0 Å². The molecule has 25 heavy (non-hydrogen) atoms. The summed E-state index contributed by atoms with van der Waals surface area (Å²) in [5.74, 6) is -1.26. The van der Waals surface area contributed by atoms with Crippen molar-refractivity contribution in [3.63, 3.8) is 0 Å². The zero-order chi connectivity index (χ0) is 17.6. The van der Waals surface area contributed by atoms with Gasteiger partial charge in [-0.25, -0.2) is 14.5 Å². The minimum atomic E-state index is -1.02. The molecular weight excluding hydrogens is 320 g/mol. The molecule has 3 rings (SSSR count). The van der Waals surface area contributed by atoms with E-state index in [2.05, 4.69) is 15.4 Å². The maximum absolute atomic E-state index is 12.1. The van der Waals surface area contributed by atoms with Crippen LogP contribution >= 0.6 is 0 Å². The number of aromatic nitrogens is 3. The molecule has 7 nitrogen and oxygen atoms in total. The van der Waals surface area contributed by atoms with Gasteiger partial charge in [-0.15, -0.1) is 0 Å². The van der Waals surface area contributed by atoms with Crippen LogP contribution in [0.2, 0.25) is 0 Å². The summed E-state index contributed by atoms with van der Waals surface area (Å²) in [6, 6.07) is 13.7. The number of benzene rings is 2. The van der Waals surface area contributed by atoms with Crippen molar-refractivity contribution < 1.29 is 14.7 Å². The molecular formula is C18H16N4O3. The molecule has 126 valence electrons. The fourth-order valence-corrected chi connectivity index (χ4v) is 2.31. The Kier molecular flexibility index (Phi) is 4.84. The van der Waals surface area contributed by atoms with Gasteiger partial charge in [0, 0.05) is 12.1 Å². The first-order valence-corrected chi connectivity index (χ1v) is 7.63. The van der Waals surface area contributed by atoms with E-state index >= 15 is 0 Å². The summed E-state index contributed by atoms with van der Waals surface area (Å²) in [7, 11) is 0. The quantitative estimate of drug-likeness (QED) is 0.717. The van der Waals surface area contributed by atoms with E-state index in [9.17, 15) is 9.59 Å². The Morgan fingerprint density at radius 2 is 1.60 bits per heavy atom. The largest absolute Gasteiger partial charge is 0.478 e. The Morgan fingerprint density at radius 3 is 2.20 bits per heavy atom. The molecule has 1 amide bonds. The SMILES string of the molecule is O=C(O)c1ccc(C(=O)NCc2ccc(Cn3cncn3)cc2)cc1. The molecule has 0 spiro atoms. The molecule has 0 aliphatic rings. The Bertz CT molecular complexity index is 856. The van der Waals surface area contributed by atoms with Gasteiger partial charge in [-0.1, -0.05) is 24.3 Å². The van der Waals surface area contributed by atoms with Crippen molar-refractivity contribution in [1.29, 1.82) is 0 Å². The first-order valence-electron chi connectivity index (χ1n) is 7.63. The number of carbonyl (C=O) groups excluding carboxylic acids is 1. The second kappa shape index (κ2) is 7.39. The molecule has 2 N–H and O–H groups in total. The van der Waals surface area contributed by atoms with E-state index in [4.69, 9.17) is 5.11 Å². The maximum Gasteiger partial charge on any atom is 0.335 e. The Hall–Kier alpha value is -3.48. The summed E-state index contributed by atoms with van der Waals surface area (Å²) in [4.78, 5) is 26.8. The van der Waals surface area contributed by atoms with Gasteiger partial charge in [0.15, 0.2) is 0 Å². The van der Waals surface area contributed by atoms with Crippen LogP contribution in [0.4, 0.5) is 0 Å². The van der Waals surface area contributed by atoms with Crippen molar-refractivity contribution in [3.8, 4) is 0 Å². The standard InChI is InChI=1S/C18H16N4O3/c23-17(15-5-7-16(8-6-15)18(24)25)20-9-13-1-3-14(4-2-13)10-22-12-19-11-21-22/h1-8,11-12H,9-10H2,(H,20,23)(H,24,25). The van der Waals surface area contributed by atoms with Crippen molar-refractivity contribution in [2.75, 3.05) is 0 Å².